The molecule has 3 rings (SSSR count). The van der Waals surface area contributed by atoms with Crippen molar-refractivity contribution < 1.29 is 24.5 Å². The molecule has 1 saturated heterocycles. The fourth-order valence-corrected chi connectivity index (χ4v) is 5.82. The third-order valence-electron chi connectivity index (χ3n) is 7.97. The number of nitrogens with two attached hydrogens (primary N) is 1. The number of ketones is 1. The normalized spacial score (nSPS) is 33.8. The molecule has 1 aromatic rings. The van der Waals surface area contributed by atoms with E-state index in [-0.39, 0.29) is 36.0 Å². The van der Waals surface area contributed by atoms with E-state index in [1.165, 1.54) is 11.3 Å². The number of hydrogen-bond acceptors (Lipinski definition) is 10. The van der Waals surface area contributed by atoms with Gasteiger partial charge in [-0.3, -0.25) is 9.59 Å². The number of rotatable bonds is 2. The smallest absolute Gasteiger partial charge is 0.309 e. The number of guanidine groups is 1. The van der Waals surface area contributed by atoms with Crippen LogP contribution >= 0.6 is 11.3 Å². The number of aliphatic hydroxyl groups excluding tert-OH is 2. The zero-order chi connectivity index (χ0) is 28.2. The molecule has 0 spiro atoms. The second-order valence-electron chi connectivity index (χ2n) is 11.4. The van der Waals surface area contributed by atoms with Gasteiger partial charge in [0.15, 0.2) is 0 Å². The van der Waals surface area contributed by atoms with E-state index < -0.39 is 35.6 Å². The molecule has 0 bridgehead atoms. The maximum Gasteiger partial charge on any atom is 0.309 e. The van der Waals surface area contributed by atoms with Gasteiger partial charge in [-0.05, 0) is 44.3 Å². The Hall–Kier alpha value is -2.43. The Morgan fingerprint density at radius 3 is 2.61 bits per heavy atom. The van der Waals surface area contributed by atoms with Crippen molar-refractivity contribution in [3.05, 3.63) is 21.7 Å². The molecule has 210 valence electrons. The fraction of sp³-hybridized carbons (Fsp3) is 0.679. The topological polar surface area (TPSA) is 147 Å². The molecule has 9 nitrogen and oxygen atoms in total. The molecule has 2 unspecified atom stereocenters. The van der Waals surface area contributed by atoms with Crippen molar-refractivity contribution in [3.63, 3.8) is 0 Å². The van der Waals surface area contributed by atoms with Gasteiger partial charge in [0, 0.05) is 29.9 Å². The van der Waals surface area contributed by atoms with Gasteiger partial charge in [0.05, 0.1) is 40.8 Å². The monoisotopic (exact) mass is 546 g/mol. The lowest BCUT2D eigenvalue weighted by Crippen LogP contribution is -2.46. The minimum Gasteiger partial charge on any atom is -0.458 e. The zero-order valence-electron chi connectivity index (χ0n) is 23.3. The fourth-order valence-electron chi connectivity index (χ4n) is 5.25. The Bertz CT molecular complexity index is 1090. The minimum absolute atomic E-state index is 0.0151. The number of aryl methyl sites for hydroxylation is 1. The molecule has 0 saturated carbocycles. The summed E-state index contributed by atoms with van der Waals surface area (Å²) in [6.07, 6.45) is 3.29. The number of fused-ring (bicyclic) bond motifs is 1. The first-order valence-electron chi connectivity index (χ1n) is 13.4. The molecule has 0 amide bonds. The van der Waals surface area contributed by atoms with Gasteiger partial charge in [0.25, 0.3) is 0 Å². The van der Waals surface area contributed by atoms with Gasteiger partial charge in [-0.15, -0.1) is 11.3 Å². The van der Waals surface area contributed by atoms with E-state index in [4.69, 9.17) is 10.5 Å². The van der Waals surface area contributed by atoms with Crippen molar-refractivity contribution in [1.29, 1.82) is 0 Å². The van der Waals surface area contributed by atoms with Crippen LogP contribution in [0, 0.1) is 30.1 Å². The van der Waals surface area contributed by atoms with Crippen LogP contribution in [0.4, 0.5) is 0 Å². The summed E-state index contributed by atoms with van der Waals surface area (Å²) in [6, 6.07) is -0.249. The quantitative estimate of drug-likeness (QED) is 0.479. The molecule has 10 heteroatoms. The van der Waals surface area contributed by atoms with Crippen LogP contribution in [-0.4, -0.2) is 63.5 Å². The molecule has 4 N–H and O–H groups in total. The largest absolute Gasteiger partial charge is 0.458 e. The van der Waals surface area contributed by atoms with Crippen LogP contribution in [0.3, 0.4) is 0 Å². The third-order valence-corrected chi connectivity index (χ3v) is 8.77. The predicted molar refractivity (Wildman–Crippen MR) is 150 cm³/mol. The second-order valence-corrected chi connectivity index (χ2v) is 12.4. The summed E-state index contributed by atoms with van der Waals surface area (Å²) in [7, 11) is 0. The lowest BCUT2D eigenvalue weighted by molar-refractivity contribution is -0.154. The predicted octanol–water partition coefficient (Wildman–Crippen LogP) is 3.70. The summed E-state index contributed by atoms with van der Waals surface area (Å²) < 4.78 is 5.93. The number of aliphatic hydroxyl groups is 2. The Morgan fingerprint density at radius 1 is 1.24 bits per heavy atom. The van der Waals surface area contributed by atoms with Crippen LogP contribution in [0.5, 0.6) is 0 Å². The number of Topliss-reactive ketones (excluding diaryl/α,β-unsaturated/α-hetero) is 1. The zero-order valence-corrected chi connectivity index (χ0v) is 24.1. The highest BCUT2D eigenvalue weighted by atomic mass is 32.1. The number of carbonyl (C=O) groups is 2. The molecule has 1 aromatic heterocycles. The van der Waals surface area contributed by atoms with Crippen molar-refractivity contribution in [2.75, 3.05) is 0 Å². The molecule has 0 aromatic carbocycles. The molecular weight excluding hydrogens is 504 g/mol. The Kier molecular flexibility index (Phi) is 10.00. The number of aliphatic imine (C=N–C) groups is 2. The lowest BCUT2D eigenvalue weighted by atomic mass is 9.73. The average Bonchev–Trinajstić information content (AvgIpc) is 3.26. The van der Waals surface area contributed by atoms with Crippen LogP contribution in [0.15, 0.2) is 20.9 Å². The highest BCUT2D eigenvalue weighted by Gasteiger charge is 2.42. The summed E-state index contributed by atoms with van der Waals surface area (Å²) in [5.41, 5.74) is 6.30. The van der Waals surface area contributed by atoms with Crippen LogP contribution in [0.2, 0.25) is 0 Å². The highest BCUT2D eigenvalue weighted by molar-refractivity contribution is 7.09. The SMILES string of the molecule is C/C(=C\c1csc(C)n1)[C@@H]1CC2N=C(N)N=CC2CCC[C@H](C)[C@H](O)[C@@H](C)C(=O)C(C)(C)[C@@H](O)CC(=O)O1. The van der Waals surface area contributed by atoms with Crippen LogP contribution in [-0.2, 0) is 14.3 Å². The van der Waals surface area contributed by atoms with Crippen molar-refractivity contribution in [3.8, 4) is 0 Å². The van der Waals surface area contributed by atoms with E-state index in [9.17, 15) is 19.8 Å². The number of ether oxygens (including phenoxy) is 1. The summed E-state index contributed by atoms with van der Waals surface area (Å²) in [5.74, 6) is -1.52. The van der Waals surface area contributed by atoms with Crippen LogP contribution in [0.1, 0.15) is 77.4 Å². The molecular formula is C28H42N4O5S. The minimum atomic E-state index is -1.27. The van der Waals surface area contributed by atoms with Gasteiger partial charge < -0.3 is 20.7 Å². The number of carbonyl (C=O) groups excluding carboxylic acids is 2. The summed E-state index contributed by atoms with van der Waals surface area (Å²) in [5, 5.41) is 24.7. The third kappa shape index (κ3) is 7.36. The second kappa shape index (κ2) is 12.6. The van der Waals surface area contributed by atoms with Crippen molar-refractivity contribution in [1.82, 2.24) is 4.98 Å². The molecule has 1 fully saturated rings. The standard InChI is InChI=1S/C28H42N4O5S/c1-15-8-7-9-19-13-30-27(29)32-21(19)11-22(16(2)10-20-14-38-18(4)31-20)37-24(34)12-23(33)28(5,6)26(36)17(3)25(15)35/h10,13-15,17,19,21-23,25,33,35H,7-9,11-12H2,1-6H3,(H2,29,32)/b16-10+/t15-,17+,19?,21?,22-,23-,25-/m0/s1. The number of hydrogen-bond donors (Lipinski definition) is 3. The van der Waals surface area contributed by atoms with Gasteiger partial charge in [0.2, 0.25) is 5.96 Å². The van der Waals surface area contributed by atoms with E-state index in [1.807, 2.05) is 38.4 Å². The molecule has 2 aliphatic heterocycles. The molecule has 3 heterocycles. The molecule has 0 aliphatic carbocycles. The first-order valence-corrected chi connectivity index (χ1v) is 14.2. The van der Waals surface area contributed by atoms with Gasteiger partial charge >= 0.3 is 5.97 Å². The number of nitrogens with zero attached hydrogens (tertiary/aromatic N) is 3. The van der Waals surface area contributed by atoms with Gasteiger partial charge in [0.1, 0.15) is 11.9 Å². The first-order chi connectivity index (χ1) is 17.8. The Morgan fingerprint density at radius 2 is 1.95 bits per heavy atom. The number of esters is 1. The van der Waals surface area contributed by atoms with Gasteiger partial charge in [-0.1, -0.05) is 34.1 Å². The Labute approximate surface area is 229 Å². The summed E-state index contributed by atoms with van der Waals surface area (Å²) in [4.78, 5) is 39.7. The lowest BCUT2D eigenvalue weighted by Gasteiger charge is -2.35. The van der Waals surface area contributed by atoms with Crippen LogP contribution < -0.4 is 5.73 Å². The first kappa shape index (κ1) is 30.1. The van der Waals surface area contributed by atoms with Crippen molar-refractivity contribution >= 4 is 41.3 Å². The van der Waals surface area contributed by atoms with E-state index >= 15 is 0 Å². The maximum absolute atomic E-state index is 13.3. The van der Waals surface area contributed by atoms with Crippen LogP contribution in [0.25, 0.3) is 6.08 Å². The van der Waals surface area contributed by atoms with Crippen molar-refractivity contribution in [2.24, 2.45) is 38.9 Å². The maximum atomic E-state index is 13.3. The number of thiazole rings is 1. The molecule has 7 atom stereocenters. The Balaban J connectivity index is 1.95. The van der Waals surface area contributed by atoms with E-state index in [2.05, 4.69) is 15.0 Å². The number of cyclic esters (lactones) is 1. The number of aromatic nitrogens is 1. The average molecular weight is 547 g/mol. The van der Waals surface area contributed by atoms with E-state index in [1.54, 1.807) is 20.8 Å². The van der Waals surface area contributed by atoms with Gasteiger partial charge in [-0.25, -0.2) is 15.0 Å². The molecule has 38 heavy (non-hydrogen) atoms. The van der Waals surface area contributed by atoms with E-state index in [0.29, 0.717) is 6.42 Å². The van der Waals surface area contributed by atoms with E-state index in [0.717, 1.165) is 35.5 Å². The molecule has 0 radical (unpaired) electrons. The highest BCUT2D eigenvalue weighted by Crippen LogP contribution is 2.33. The summed E-state index contributed by atoms with van der Waals surface area (Å²) >= 11 is 1.54. The summed E-state index contributed by atoms with van der Waals surface area (Å²) in [6.45, 7) is 10.7. The van der Waals surface area contributed by atoms with Crippen molar-refractivity contribution in [2.45, 2.75) is 98.0 Å². The molecule has 2 aliphatic rings. The van der Waals surface area contributed by atoms with Gasteiger partial charge in [-0.2, -0.15) is 0 Å².